The van der Waals surface area contributed by atoms with Gasteiger partial charge in [-0.2, -0.15) is 0 Å². The summed E-state index contributed by atoms with van der Waals surface area (Å²) in [6.07, 6.45) is 0. The Labute approximate surface area is 138 Å². The van der Waals surface area contributed by atoms with Gasteiger partial charge in [0.05, 0.1) is 25.3 Å². The molecule has 0 saturated carbocycles. The highest BCUT2D eigenvalue weighted by Gasteiger charge is 2.22. The van der Waals surface area contributed by atoms with Crippen LogP contribution in [-0.2, 0) is 0 Å². The molecule has 0 radical (unpaired) electrons. The van der Waals surface area contributed by atoms with Gasteiger partial charge in [0.1, 0.15) is 17.3 Å². The lowest BCUT2D eigenvalue weighted by atomic mass is 10.0. The Bertz CT molecular complexity index is 702. The van der Waals surface area contributed by atoms with E-state index in [9.17, 15) is 9.18 Å². The van der Waals surface area contributed by atoms with E-state index in [0.29, 0.717) is 20.4 Å². The second kappa shape index (κ2) is 6.58. The molecule has 0 aromatic heterocycles. The summed E-state index contributed by atoms with van der Waals surface area (Å²) in [5.74, 6) is -0.217. The Morgan fingerprint density at radius 2 is 1.81 bits per heavy atom. The van der Waals surface area contributed by atoms with Gasteiger partial charge in [-0.1, -0.05) is 15.9 Å². The predicted octanol–water partition coefficient (Wildman–Crippen LogP) is 4.60. The first-order valence-electron chi connectivity index (χ1n) is 5.89. The molecule has 3 nitrogen and oxygen atoms in total. The summed E-state index contributed by atoms with van der Waals surface area (Å²) in [5.41, 5.74) is 0.224. The molecule has 0 aliphatic heterocycles. The van der Waals surface area contributed by atoms with Gasteiger partial charge in [0.2, 0.25) is 5.78 Å². The number of ketones is 1. The van der Waals surface area contributed by atoms with E-state index in [0.717, 1.165) is 0 Å². The quantitative estimate of drug-likeness (QED) is 0.682. The molecule has 0 fully saturated rings. The zero-order valence-electron chi connectivity index (χ0n) is 11.2. The Morgan fingerprint density at radius 3 is 2.38 bits per heavy atom. The molecule has 0 heterocycles. The van der Waals surface area contributed by atoms with Gasteiger partial charge < -0.3 is 9.47 Å². The van der Waals surface area contributed by atoms with E-state index in [1.807, 2.05) is 0 Å². The molecule has 0 spiro atoms. The molecule has 21 heavy (non-hydrogen) atoms. The van der Waals surface area contributed by atoms with E-state index in [1.54, 1.807) is 18.2 Å². The molecule has 2 aromatic carbocycles. The fourth-order valence-corrected chi connectivity index (χ4v) is 2.80. The van der Waals surface area contributed by atoms with Crippen LogP contribution in [0.5, 0.6) is 11.5 Å². The number of hydrogen-bond acceptors (Lipinski definition) is 3. The van der Waals surface area contributed by atoms with Crippen LogP contribution < -0.4 is 9.47 Å². The first-order valence-corrected chi connectivity index (χ1v) is 7.47. The van der Waals surface area contributed by atoms with Crippen LogP contribution in [-0.4, -0.2) is 20.0 Å². The van der Waals surface area contributed by atoms with Crippen molar-refractivity contribution in [3.05, 3.63) is 56.2 Å². The first kappa shape index (κ1) is 16.0. The van der Waals surface area contributed by atoms with E-state index in [2.05, 4.69) is 31.9 Å². The van der Waals surface area contributed by atoms with E-state index in [-0.39, 0.29) is 11.1 Å². The number of hydrogen-bond donors (Lipinski definition) is 0. The summed E-state index contributed by atoms with van der Waals surface area (Å²) >= 11 is 6.47. The van der Waals surface area contributed by atoms with Crippen molar-refractivity contribution in [3.8, 4) is 11.5 Å². The normalized spacial score (nSPS) is 10.3. The molecular weight excluding hydrogens is 407 g/mol. The molecule has 0 bridgehead atoms. The highest BCUT2D eigenvalue weighted by Crippen LogP contribution is 2.34. The van der Waals surface area contributed by atoms with E-state index in [1.165, 1.54) is 26.4 Å². The summed E-state index contributed by atoms with van der Waals surface area (Å²) in [4.78, 5) is 12.6. The van der Waals surface area contributed by atoms with Gasteiger partial charge in [-0.25, -0.2) is 4.39 Å². The van der Waals surface area contributed by atoms with Crippen molar-refractivity contribution >= 4 is 37.6 Å². The van der Waals surface area contributed by atoms with Gasteiger partial charge in [-0.3, -0.25) is 4.79 Å². The van der Waals surface area contributed by atoms with Crippen molar-refractivity contribution in [3.63, 3.8) is 0 Å². The average Bonchev–Trinajstić information content (AvgIpc) is 2.45. The molecule has 0 unspecified atom stereocenters. The lowest BCUT2D eigenvalue weighted by Gasteiger charge is -2.12. The van der Waals surface area contributed by atoms with Crippen LogP contribution in [0.2, 0.25) is 0 Å². The Balaban J connectivity index is 2.57. The van der Waals surface area contributed by atoms with Gasteiger partial charge in [0.15, 0.2) is 0 Å². The fourth-order valence-electron chi connectivity index (χ4n) is 1.87. The van der Waals surface area contributed by atoms with Crippen molar-refractivity contribution in [2.45, 2.75) is 0 Å². The van der Waals surface area contributed by atoms with E-state index in [4.69, 9.17) is 9.47 Å². The summed E-state index contributed by atoms with van der Waals surface area (Å²) < 4.78 is 25.3. The number of ether oxygens (including phenoxy) is 2. The monoisotopic (exact) mass is 416 g/mol. The third kappa shape index (κ3) is 3.27. The number of carbonyl (C=O) groups is 1. The molecule has 6 heteroatoms. The Hall–Kier alpha value is -1.40. The van der Waals surface area contributed by atoms with Crippen LogP contribution in [0, 0.1) is 5.82 Å². The Kier molecular flexibility index (Phi) is 5.00. The lowest BCUT2D eigenvalue weighted by Crippen LogP contribution is -2.08. The van der Waals surface area contributed by atoms with Gasteiger partial charge in [0, 0.05) is 15.0 Å². The van der Waals surface area contributed by atoms with Gasteiger partial charge in [-0.15, -0.1) is 0 Å². The molecule has 0 atom stereocenters. The third-order valence-corrected chi connectivity index (χ3v) is 4.00. The van der Waals surface area contributed by atoms with Crippen molar-refractivity contribution in [1.82, 2.24) is 0 Å². The van der Waals surface area contributed by atoms with Crippen molar-refractivity contribution in [1.29, 1.82) is 0 Å². The SMILES string of the molecule is COc1cc(Br)c(C(=O)c2ccc(Br)cc2F)c(OC)c1. The van der Waals surface area contributed by atoms with E-state index < -0.39 is 11.6 Å². The predicted molar refractivity (Wildman–Crippen MR) is 84.8 cm³/mol. The minimum Gasteiger partial charge on any atom is -0.497 e. The zero-order chi connectivity index (χ0) is 15.6. The number of rotatable bonds is 4. The van der Waals surface area contributed by atoms with Crippen LogP contribution in [0.25, 0.3) is 0 Å². The Morgan fingerprint density at radius 1 is 1.10 bits per heavy atom. The second-order valence-corrected chi connectivity index (χ2v) is 5.91. The van der Waals surface area contributed by atoms with E-state index >= 15 is 0 Å². The second-order valence-electron chi connectivity index (χ2n) is 4.14. The molecule has 2 rings (SSSR count). The molecule has 0 aliphatic carbocycles. The largest absolute Gasteiger partial charge is 0.497 e. The number of benzene rings is 2. The molecule has 0 aliphatic rings. The summed E-state index contributed by atoms with van der Waals surface area (Å²) in [5, 5.41) is 0. The third-order valence-electron chi connectivity index (χ3n) is 2.89. The molecular formula is C15H11Br2FO3. The summed E-state index contributed by atoms with van der Waals surface area (Å²) in [6.45, 7) is 0. The standard InChI is InChI=1S/C15H11Br2FO3/c1-20-9-6-11(17)14(13(7-9)21-2)15(19)10-4-3-8(16)5-12(10)18/h3-7H,1-2H3. The smallest absolute Gasteiger partial charge is 0.200 e. The maximum Gasteiger partial charge on any atom is 0.200 e. The van der Waals surface area contributed by atoms with Gasteiger partial charge in [0.25, 0.3) is 0 Å². The molecule has 0 amide bonds. The molecule has 110 valence electrons. The van der Waals surface area contributed by atoms with Gasteiger partial charge >= 0.3 is 0 Å². The van der Waals surface area contributed by atoms with Crippen molar-refractivity contribution in [2.24, 2.45) is 0 Å². The summed E-state index contributed by atoms with van der Waals surface area (Å²) in [6, 6.07) is 7.50. The maximum absolute atomic E-state index is 14.0. The minimum absolute atomic E-state index is 0.0256. The zero-order valence-corrected chi connectivity index (χ0v) is 14.4. The average molecular weight is 418 g/mol. The highest BCUT2D eigenvalue weighted by atomic mass is 79.9. The number of methoxy groups -OCH3 is 2. The van der Waals surface area contributed by atoms with Crippen LogP contribution in [0.4, 0.5) is 4.39 Å². The van der Waals surface area contributed by atoms with Crippen LogP contribution in [0.3, 0.4) is 0 Å². The molecule has 0 N–H and O–H groups in total. The van der Waals surface area contributed by atoms with Crippen LogP contribution >= 0.6 is 31.9 Å². The van der Waals surface area contributed by atoms with Crippen LogP contribution in [0.1, 0.15) is 15.9 Å². The van der Waals surface area contributed by atoms with Crippen LogP contribution in [0.15, 0.2) is 39.3 Å². The minimum atomic E-state index is -0.598. The number of halogens is 3. The van der Waals surface area contributed by atoms with Gasteiger partial charge in [-0.05, 0) is 40.2 Å². The first-order chi connectivity index (χ1) is 9.97. The molecule has 2 aromatic rings. The topological polar surface area (TPSA) is 35.5 Å². The summed E-state index contributed by atoms with van der Waals surface area (Å²) in [7, 11) is 2.95. The highest BCUT2D eigenvalue weighted by molar-refractivity contribution is 9.10. The van der Waals surface area contributed by atoms with Crippen molar-refractivity contribution in [2.75, 3.05) is 14.2 Å². The number of carbonyl (C=O) groups excluding carboxylic acids is 1. The lowest BCUT2D eigenvalue weighted by molar-refractivity contribution is 0.103. The maximum atomic E-state index is 14.0. The molecule has 0 saturated heterocycles. The fraction of sp³-hybridized carbons (Fsp3) is 0.133. The van der Waals surface area contributed by atoms with Crippen molar-refractivity contribution < 1.29 is 18.7 Å².